The zero-order valence-corrected chi connectivity index (χ0v) is 16.1. The molecule has 0 saturated heterocycles. The van der Waals surface area contributed by atoms with Crippen LogP contribution in [0.1, 0.15) is 22.5 Å². The van der Waals surface area contributed by atoms with Gasteiger partial charge in [0.15, 0.2) is 11.5 Å². The summed E-state index contributed by atoms with van der Waals surface area (Å²) in [4.78, 5) is 8.76. The lowest BCUT2D eigenvalue weighted by Crippen LogP contribution is -2.35. The van der Waals surface area contributed by atoms with E-state index in [2.05, 4.69) is 42.5 Å². The first-order chi connectivity index (χ1) is 13.0. The number of pyridine rings is 1. The predicted molar refractivity (Wildman–Crippen MR) is 110 cm³/mol. The van der Waals surface area contributed by atoms with Crippen molar-refractivity contribution in [3.05, 3.63) is 69.5 Å². The number of hydrogen-bond donors (Lipinski definition) is 3. The van der Waals surface area contributed by atoms with Crippen LogP contribution in [0, 0.1) is 23.7 Å². The van der Waals surface area contributed by atoms with Gasteiger partial charge in [-0.2, -0.15) is 10.4 Å². The van der Waals surface area contributed by atoms with Crippen LogP contribution in [0.25, 0.3) is 5.70 Å². The molecular weight excluding hydrogens is 406 g/mol. The zero-order chi connectivity index (χ0) is 19.4. The summed E-state index contributed by atoms with van der Waals surface area (Å²) < 4.78 is 0.459. The maximum atomic E-state index is 9.07. The Kier molecular flexibility index (Phi) is 5.43. The second kappa shape index (κ2) is 7.93. The van der Waals surface area contributed by atoms with Gasteiger partial charge in [0, 0.05) is 11.3 Å². The molecule has 0 unspecified atom stereocenters. The molecule has 0 fully saturated rings. The smallest absolute Gasteiger partial charge is 0.154 e. The minimum absolute atomic E-state index is 0.115. The molecule has 8 heteroatoms. The van der Waals surface area contributed by atoms with Crippen LogP contribution in [0.5, 0.6) is 0 Å². The largest absolute Gasteiger partial charge is 0.382 e. The monoisotopic (exact) mass is 421 g/mol. The number of nitriles is 1. The van der Waals surface area contributed by atoms with Gasteiger partial charge in [0.05, 0.1) is 34.1 Å². The third-order valence-corrected chi connectivity index (χ3v) is 4.57. The standard InChI is InChI=1S/C19H16BrN7/c1-11-4-2-7-14(25-11)10-24-27-18-16(22)15(20)17(26-19(18)23)13-6-3-5-12(8-13)9-21/h2-8,22,24H,10H2,1H3,(H2,23,26)/b22-16?,27-18+. The molecule has 1 aromatic carbocycles. The molecule has 27 heavy (non-hydrogen) atoms. The molecule has 2 aromatic rings. The van der Waals surface area contributed by atoms with Crippen molar-refractivity contribution < 1.29 is 0 Å². The van der Waals surface area contributed by atoms with Crippen LogP contribution in [-0.4, -0.2) is 22.2 Å². The minimum Gasteiger partial charge on any atom is -0.382 e. The molecule has 1 aliphatic heterocycles. The van der Waals surface area contributed by atoms with E-state index in [9.17, 15) is 0 Å². The summed E-state index contributed by atoms with van der Waals surface area (Å²) in [5.74, 6) is 0.130. The molecule has 2 heterocycles. The summed E-state index contributed by atoms with van der Waals surface area (Å²) in [6.45, 7) is 2.33. The number of allylic oxidation sites excluding steroid dienone is 1. The van der Waals surface area contributed by atoms with E-state index in [0.29, 0.717) is 27.9 Å². The molecule has 1 aromatic heterocycles. The molecule has 0 radical (unpaired) electrons. The molecule has 0 saturated carbocycles. The molecule has 1 aliphatic rings. The fraction of sp³-hybridized carbons (Fsp3) is 0.105. The first-order valence-electron chi connectivity index (χ1n) is 8.07. The number of aryl methyl sites for hydroxylation is 1. The molecule has 0 atom stereocenters. The predicted octanol–water partition coefficient (Wildman–Crippen LogP) is 2.86. The average molecular weight is 422 g/mol. The van der Waals surface area contributed by atoms with Crippen LogP contribution in [0.15, 0.2) is 57.0 Å². The second-order valence-corrected chi connectivity index (χ2v) is 6.59. The Morgan fingerprint density at radius 2 is 2.07 bits per heavy atom. The molecule has 7 nitrogen and oxygen atoms in total. The van der Waals surface area contributed by atoms with Crippen molar-refractivity contribution in [3.8, 4) is 6.07 Å². The zero-order valence-electron chi connectivity index (χ0n) is 14.5. The highest BCUT2D eigenvalue weighted by atomic mass is 79.9. The normalized spacial score (nSPS) is 15.5. The van der Waals surface area contributed by atoms with E-state index in [1.54, 1.807) is 18.2 Å². The van der Waals surface area contributed by atoms with Crippen molar-refractivity contribution in [1.29, 1.82) is 10.7 Å². The Hall–Kier alpha value is -3.31. The van der Waals surface area contributed by atoms with Gasteiger partial charge >= 0.3 is 0 Å². The van der Waals surface area contributed by atoms with Crippen LogP contribution in [-0.2, 0) is 6.54 Å². The first kappa shape index (κ1) is 18.5. The van der Waals surface area contributed by atoms with E-state index >= 15 is 0 Å². The number of halogens is 1. The van der Waals surface area contributed by atoms with E-state index < -0.39 is 0 Å². The van der Waals surface area contributed by atoms with E-state index in [1.807, 2.05) is 31.2 Å². The number of nitrogens with zero attached hydrogens (tertiary/aromatic N) is 4. The Morgan fingerprint density at radius 3 is 2.81 bits per heavy atom. The third kappa shape index (κ3) is 4.10. The fourth-order valence-corrected chi connectivity index (χ4v) is 3.02. The highest BCUT2D eigenvalue weighted by Crippen LogP contribution is 2.29. The lowest BCUT2D eigenvalue weighted by Gasteiger charge is -2.17. The van der Waals surface area contributed by atoms with Crippen LogP contribution in [0.4, 0.5) is 0 Å². The Morgan fingerprint density at radius 1 is 1.30 bits per heavy atom. The fourth-order valence-electron chi connectivity index (χ4n) is 2.51. The number of nitrogens with one attached hydrogen (secondary N) is 2. The molecule has 0 amide bonds. The van der Waals surface area contributed by atoms with Gasteiger partial charge in [-0.15, -0.1) is 0 Å². The molecule has 0 bridgehead atoms. The lowest BCUT2D eigenvalue weighted by molar-refractivity contribution is 0.726. The van der Waals surface area contributed by atoms with Gasteiger partial charge in [0.1, 0.15) is 5.71 Å². The Balaban J connectivity index is 1.83. The summed E-state index contributed by atoms with van der Waals surface area (Å²) in [5, 5.41) is 21.6. The highest BCUT2D eigenvalue weighted by Gasteiger charge is 2.25. The average Bonchev–Trinajstić information content (AvgIpc) is 2.67. The molecule has 0 aliphatic carbocycles. The first-order valence-corrected chi connectivity index (χ1v) is 8.86. The van der Waals surface area contributed by atoms with Crippen molar-refractivity contribution in [2.75, 3.05) is 0 Å². The number of amidine groups is 1. The van der Waals surface area contributed by atoms with Gasteiger partial charge in [-0.1, -0.05) is 18.2 Å². The minimum atomic E-state index is 0.115. The van der Waals surface area contributed by atoms with Crippen molar-refractivity contribution in [1.82, 2.24) is 10.4 Å². The molecule has 4 N–H and O–H groups in total. The number of hydrogen-bond acceptors (Lipinski definition) is 7. The third-order valence-electron chi connectivity index (χ3n) is 3.80. The molecule has 134 valence electrons. The summed E-state index contributed by atoms with van der Waals surface area (Å²) in [6.07, 6.45) is 0. The van der Waals surface area contributed by atoms with Gasteiger partial charge in [-0.3, -0.25) is 10.4 Å². The van der Waals surface area contributed by atoms with E-state index in [4.69, 9.17) is 16.4 Å². The van der Waals surface area contributed by atoms with Crippen molar-refractivity contribution in [2.24, 2.45) is 15.8 Å². The van der Waals surface area contributed by atoms with E-state index in [-0.39, 0.29) is 17.3 Å². The van der Waals surface area contributed by atoms with Gasteiger partial charge in [0.25, 0.3) is 0 Å². The summed E-state index contributed by atoms with van der Waals surface area (Å²) in [7, 11) is 0. The topological polar surface area (TPSA) is 123 Å². The molecular formula is C19H16BrN7. The van der Waals surface area contributed by atoms with Crippen LogP contribution < -0.4 is 11.2 Å². The van der Waals surface area contributed by atoms with Crippen molar-refractivity contribution >= 4 is 38.9 Å². The summed E-state index contributed by atoms with van der Waals surface area (Å²) >= 11 is 3.41. The summed E-state index contributed by atoms with van der Waals surface area (Å²) in [6, 6.07) is 14.8. The maximum absolute atomic E-state index is 9.07. The van der Waals surface area contributed by atoms with Crippen molar-refractivity contribution in [2.45, 2.75) is 13.5 Å². The van der Waals surface area contributed by atoms with Crippen molar-refractivity contribution in [3.63, 3.8) is 0 Å². The van der Waals surface area contributed by atoms with Crippen LogP contribution >= 0.6 is 15.9 Å². The van der Waals surface area contributed by atoms with E-state index in [1.165, 1.54) is 0 Å². The SMILES string of the molecule is Cc1cccc(CN/N=C2\C(=N)C(Br)=C(c3cccc(C#N)c3)N=C2N)n1. The number of hydrazone groups is 1. The molecule has 3 rings (SSSR count). The van der Waals surface area contributed by atoms with Crippen LogP contribution in [0.3, 0.4) is 0 Å². The Bertz CT molecular complexity index is 1040. The second-order valence-electron chi connectivity index (χ2n) is 5.79. The number of rotatable bonds is 4. The number of nitrogens with two attached hydrogens (primary N) is 1. The van der Waals surface area contributed by atoms with Gasteiger partial charge in [-0.25, -0.2) is 4.99 Å². The van der Waals surface area contributed by atoms with Gasteiger partial charge in [-0.05, 0) is 47.1 Å². The van der Waals surface area contributed by atoms with E-state index in [0.717, 1.165) is 11.4 Å². The van der Waals surface area contributed by atoms with Crippen LogP contribution in [0.2, 0.25) is 0 Å². The lowest BCUT2D eigenvalue weighted by atomic mass is 10.0. The number of aromatic nitrogens is 1. The van der Waals surface area contributed by atoms with Gasteiger partial charge in [0.2, 0.25) is 0 Å². The quantitative estimate of drug-likeness (QED) is 0.656. The number of benzene rings is 1. The maximum Gasteiger partial charge on any atom is 0.154 e. The Labute approximate surface area is 165 Å². The number of aliphatic imine (C=N–C) groups is 1. The molecule has 0 spiro atoms. The highest BCUT2D eigenvalue weighted by molar-refractivity contribution is 9.12. The van der Waals surface area contributed by atoms with Gasteiger partial charge < -0.3 is 11.2 Å². The summed E-state index contributed by atoms with van der Waals surface area (Å²) in [5.41, 5.74) is 12.7.